The topological polar surface area (TPSA) is 83.6 Å². The molecular formula is C19H17N5O. The molecule has 25 heavy (non-hydrogen) atoms. The number of benzene rings is 1. The van der Waals surface area contributed by atoms with Crippen LogP contribution in [0.2, 0.25) is 0 Å². The Morgan fingerprint density at radius 1 is 1.16 bits per heavy atom. The Balaban J connectivity index is 1.56. The van der Waals surface area contributed by atoms with Crippen LogP contribution in [0.1, 0.15) is 27.3 Å². The molecule has 124 valence electrons. The first-order valence-electron chi connectivity index (χ1n) is 8.05. The maximum Gasteiger partial charge on any atom is 0.251 e. The Bertz CT molecular complexity index is 1070. The van der Waals surface area contributed by atoms with Gasteiger partial charge in [0, 0.05) is 39.9 Å². The van der Waals surface area contributed by atoms with Gasteiger partial charge in [-0.1, -0.05) is 0 Å². The minimum atomic E-state index is -0.118. The number of hydrogen-bond donors (Lipinski definition) is 2. The highest BCUT2D eigenvalue weighted by Gasteiger charge is 2.10. The van der Waals surface area contributed by atoms with E-state index in [2.05, 4.69) is 25.5 Å². The molecule has 0 spiro atoms. The van der Waals surface area contributed by atoms with Gasteiger partial charge in [0.2, 0.25) is 0 Å². The van der Waals surface area contributed by atoms with Crippen molar-refractivity contribution in [3.05, 3.63) is 65.2 Å². The molecule has 0 aliphatic carbocycles. The van der Waals surface area contributed by atoms with Crippen LogP contribution in [-0.2, 0) is 6.54 Å². The SMILES string of the molecule is Cc1nnc2ccc(C(=O)NCc3cc4cnccc4[nH]3)cc2c1C. The number of amides is 1. The van der Waals surface area contributed by atoms with Crippen molar-refractivity contribution in [1.29, 1.82) is 0 Å². The van der Waals surface area contributed by atoms with Crippen LogP contribution in [0, 0.1) is 13.8 Å². The molecule has 0 aliphatic heterocycles. The van der Waals surface area contributed by atoms with Gasteiger partial charge in [0.15, 0.2) is 0 Å². The van der Waals surface area contributed by atoms with Crippen LogP contribution in [0.5, 0.6) is 0 Å². The number of carbonyl (C=O) groups excluding carboxylic acids is 1. The first kappa shape index (κ1) is 15.3. The quantitative estimate of drug-likeness (QED) is 0.604. The molecule has 4 rings (SSSR count). The van der Waals surface area contributed by atoms with Crippen LogP contribution in [0.4, 0.5) is 0 Å². The third kappa shape index (κ3) is 2.82. The van der Waals surface area contributed by atoms with Crippen LogP contribution in [0.25, 0.3) is 21.8 Å². The number of aromatic amines is 1. The maximum atomic E-state index is 12.5. The van der Waals surface area contributed by atoms with Gasteiger partial charge in [-0.25, -0.2) is 0 Å². The van der Waals surface area contributed by atoms with Gasteiger partial charge < -0.3 is 10.3 Å². The number of H-pyrrole nitrogens is 1. The smallest absolute Gasteiger partial charge is 0.251 e. The molecule has 0 unspecified atom stereocenters. The van der Waals surface area contributed by atoms with Crippen LogP contribution in [0.15, 0.2) is 42.7 Å². The van der Waals surface area contributed by atoms with E-state index in [1.54, 1.807) is 18.5 Å². The summed E-state index contributed by atoms with van der Waals surface area (Å²) in [6.07, 6.45) is 3.54. The Morgan fingerprint density at radius 3 is 2.88 bits per heavy atom. The molecule has 6 heteroatoms. The Hall–Kier alpha value is -3.28. The summed E-state index contributed by atoms with van der Waals surface area (Å²) in [6.45, 7) is 4.34. The second kappa shape index (κ2) is 5.98. The highest BCUT2D eigenvalue weighted by Crippen LogP contribution is 2.19. The predicted molar refractivity (Wildman–Crippen MR) is 96.3 cm³/mol. The van der Waals surface area contributed by atoms with E-state index < -0.39 is 0 Å². The Labute approximate surface area is 144 Å². The van der Waals surface area contributed by atoms with E-state index >= 15 is 0 Å². The average molecular weight is 331 g/mol. The fourth-order valence-corrected chi connectivity index (χ4v) is 2.87. The third-order valence-corrected chi connectivity index (χ3v) is 4.43. The molecule has 0 fully saturated rings. The van der Waals surface area contributed by atoms with Gasteiger partial charge in [-0.2, -0.15) is 10.2 Å². The van der Waals surface area contributed by atoms with Crippen molar-refractivity contribution >= 4 is 27.7 Å². The lowest BCUT2D eigenvalue weighted by molar-refractivity contribution is 0.0950. The minimum absolute atomic E-state index is 0.118. The second-order valence-corrected chi connectivity index (χ2v) is 6.08. The monoisotopic (exact) mass is 331 g/mol. The molecule has 0 saturated heterocycles. The van der Waals surface area contributed by atoms with Crippen LogP contribution >= 0.6 is 0 Å². The van der Waals surface area contributed by atoms with E-state index in [0.29, 0.717) is 12.1 Å². The maximum absolute atomic E-state index is 12.5. The summed E-state index contributed by atoms with van der Waals surface area (Å²) >= 11 is 0. The largest absolute Gasteiger partial charge is 0.357 e. The number of hydrogen-bond acceptors (Lipinski definition) is 4. The molecule has 1 aromatic carbocycles. The summed E-state index contributed by atoms with van der Waals surface area (Å²) in [4.78, 5) is 19.9. The number of pyridine rings is 1. The minimum Gasteiger partial charge on any atom is -0.357 e. The van der Waals surface area contributed by atoms with Crippen LogP contribution in [0.3, 0.4) is 0 Å². The van der Waals surface area contributed by atoms with Gasteiger partial charge in [0.25, 0.3) is 5.91 Å². The van der Waals surface area contributed by atoms with Crippen LogP contribution in [-0.4, -0.2) is 26.1 Å². The molecule has 0 saturated carbocycles. The zero-order valence-electron chi connectivity index (χ0n) is 14.0. The van der Waals surface area contributed by atoms with E-state index in [9.17, 15) is 4.79 Å². The van der Waals surface area contributed by atoms with Crippen molar-refractivity contribution < 1.29 is 4.79 Å². The number of aryl methyl sites for hydroxylation is 2. The van der Waals surface area contributed by atoms with Gasteiger partial charge in [0.05, 0.1) is 17.8 Å². The van der Waals surface area contributed by atoms with Crippen molar-refractivity contribution in [2.45, 2.75) is 20.4 Å². The fourth-order valence-electron chi connectivity index (χ4n) is 2.87. The zero-order chi connectivity index (χ0) is 17.4. The van der Waals surface area contributed by atoms with Crippen LogP contribution < -0.4 is 5.32 Å². The van der Waals surface area contributed by atoms with Gasteiger partial charge in [-0.05, 0) is 49.7 Å². The normalized spacial score (nSPS) is 11.1. The number of nitrogens with zero attached hydrogens (tertiary/aromatic N) is 3. The number of aromatic nitrogens is 4. The lowest BCUT2D eigenvalue weighted by Crippen LogP contribution is -2.22. The molecule has 4 aromatic rings. The lowest BCUT2D eigenvalue weighted by Gasteiger charge is -2.07. The molecule has 2 N–H and O–H groups in total. The van der Waals surface area contributed by atoms with Crippen molar-refractivity contribution in [2.24, 2.45) is 0 Å². The molecule has 1 amide bonds. The molecule has 6 nitrogen and oxygen atoms in total. The highest BCUT2D eigenvalue weighted by atomic mass is 16.1. The zero-order valence-corrected chi connectivity index (χ0v) is 14.0. The number of fused-ring (bicyclic) bond motifs is 2. The second-order valence-electron chi connectivity index (χ2n) is 6.08. The highest BCUT2D eigenvalue weighted by molar-refractivity contribution is 5.98. The van der Waals surface area contributed by atoms with Crippen molar-refractivity contribution in [2.75, 3.05) is 0 Å². The molecular weight excluding hydrogens is 314 g/mol. The predicted octanol–water partition coefficient (Wildman–Crippen LogP) is 3.05. The van der Waals surface area contributed by atoms with E-state index in [1.165, 1.54) is 0 Å². The summed E-state index contributed by atoms with van der Waals surface area (Å²) in [5, 5.41) is 13.2. The summed E-state index contributed by atoms with van der Waals surface area (Å²) in [5.41, 5.74) is 5.27. The fraction of sp³-hybridized carbons (Fsp3) is 0.158. The van der Waals surface area contributed by atoms with Gasteiger partial charge in [-0.3, -0.25) is 9.78 Å². The van der Waals surface area contributed by atoms with E-state index in [4.69, 9.17) is 0 Å². The summed E-state index contributed by atoms with van der Waals surface area (Å²) in [6, 6.07) is 9.38. The van der Waals surface area contributed by atoms with Crippen molar-refractivity contribution in [3.63, 3.8) is 0 Å². The molecule has 3 heterocycles. The summed E-state index contributed by atoms with van der Waals surface area (Å²) in [7, 11) is 0. The molecule has 3 aromatic heterocycles. The summed E-state index contributed by atoms with van der Waals surface area (Å²) in [5.74, 6) is -0.118. The number of carbonyl (C=O) groups is 1. The van der Waals surface area contributed by atoms with Gasteiger partial charge in [-0.15, -0.1) is 0 Å². The van der Waals surface area contributed by atoms with Crippen molar-refractivity contribution in [1.82, 2.24) is 25.5 Å². The van der Waals surface area contributed by atoms with E-state index in [0.717, 1.165) is 38.8 Å². The Morgan fingerprint density at radius 2 is 2.04 bits per heavy atom. The number of rotatable bonds is 3. The van der Waals surface area contributed by atoms with Gasteiger partial charge in [0.1, 0.15) is 0 Å². The molecule has 0 aliphatic rings. The standard InChI is InChI=1S/C19H17N5O/c1-11-12(2)23-24-18-4-3-13(8-16(11)18)19(25)21-10-15-7-14-9-20-6-5-17(14)22-15/h3-9,22H,10H2,1-2H3,(H,21,25). The summed E-state index contributed by atoms with van der Waals surface area (Å²) < 4.78 is 0. The first-order chi connectivity index (χ1) is 12.1. The molecule has 0 radical (unpaired) electrons. The number of nitrogens with one attached hydrogen (secondary N) is 2. The molecule has 0 atom stereocenters. The average Bonchev–Trinajstić information content (AvgIpc) is 3.05. The Kier molecular flexibility index (Phi) is 3.65. The third-order valence-electron chi connectivity index (χ3n) is 4.43. The lowest BCUT2D eigenvalue weighted by atomic mass is 10.1. The van der Waals surface area contributed by atoms with E-state index in [-0.39, 0.29) is 5.91 Å². The van der Waals surface area contributed by atoms with Crippen molar-refractivity contribution in [3.8, 4) is 0 Å². The van der Waals surface area contributed by atoms with Gasteiger partial charge >= 0.3 is 0 Å². The molecule has 0 bridgehead atoms. The first-order valence-corrected chi connectivity index (χ1v) is 8.05. The van der Waals surface area contributed by atoms with E-state index in [1.807, 2.05) is 38.1 Å².